The van der Waals surface area contributed by atoms with E-state index >= 15 is 0 Å². The van der Waals surface area contributed by atoms with E-state index in [-0.39, 0.29) is 18.6 Å². The summed E-state index contributed by atoms with van der Waals surface area (Å²) in [5, 5.41) is 3.23. The average molecular weight is 531 g/mol. The number of para-hydroxylation sites is 2. The van der Waals surface area contributed by atoms with Crippen LogP contribution in [0, 0.1) is 0 Å². The van der Waals surface area contributed by atoms with Crippen LogP contribution in [0.3, 0.4) is 0 Å². The smallest absolute Gasteiger partial charge is 0.272 e. The molecule has 0 aromatic heterocycles. The molecule has 1 heterocycles. The van der Waals surface area contributed by atoms with Crippen molar-refractivity contribution in [3.63, 3.8) is 0 Å². The Balaban J connectivity index is 1.57. The van der Waals surface area contributed by atoms with Gasteiger partial charge in [-0.25, -0.2) is 0 Å². The van der Waals surface area contributed by atoms with Crippen molar-refractivity contribution < 1.29 is 28.5 Å². The lowest BCUT2D eigenvalue weighted by Crippen LogP contribution is -2.52. The summed E-state index contributed by atoms with van der Waals surface area (Å²) < 4.78 is 23.0. The molecule has 0 radical (unpaired) electrons. The zero-order chi connectivity index (χ0) is 27.2. The van der Waals surface area contributed by atoms with Crippen LogP contribution in [-0.4, -0.2) is 44.8 Å². The Bertz CT molecular complexity index is 1290. The maximum Gasteiger partial charge on any atom is 0.272 e. The number of rotatable bonds is 8. The van der Waals surface area contributed by atoms with Crippen LogP contribution in [0.1, 0.15) is 43.7 Å². The lowest BCUT2D eigenvalue weighted by molar-refractivity contribution is -0.132. The van der Waals surface area contributed by atoms with Crippen molar-refractivity contribution in [1.82, 2.24) is 5.32 Å². The molecule has 1 aliphatic carbocycles. The minimum atomic E-state index is -0.957. The summed E-state index contributed by atoms with van der Waals surface area (Å²) in [5.41, 5.74) is 1.17. The molecule has 2 aliphatic rings. The molecule has 204 valence electrons. The minimum Gasteiger partial charge on any atom is -0.493 e. The van der Waals surface area contributed by atoms with Gasteiger partial charge in [0, 0.05) is 17.8 Å². The maximum absolute atomic E-state index is 14.3. The van der Waals surface area contributed by atoms with Crippen molar-refractivity contribution in [2.75, 3.05) is 25.7 Å². The Morgan fingerprint density at radius 2 is 1.56 bits per heavy atom. The zero-order valence-electron chi connectivity index (χ0n) is 22.3. The average Bonchev–Trinajstić information content (AvgIpc) is 2.99. The van der Waals surface area contributed by atoms with Gasteiger partial charge in [-0.15, -0.1) is 0 Å². The first-order chi connectivity index (χ1) is 19.1. The fraction of sp³-hybridized carbons (Fsp3) is 0.355. The van der Waals surface area contributed by atoms with Crippen molar-refractivity contribution in [1.29, 1.82) is 0 Å². The second-order valence-corrected chi connectivity index (χ2v) is 9.77. The van der Waals surface area contributed by atoms with Crippen LogP contribution in [-0.2, 0) is 9.59 Å². The molecule has 3 aromatic carbocycles. The molecule has 0 unspecified atom stereocenters. The molecule has 1 fully saturated rings. The van der Waals surface area contributed by atoms with Gasteiger partial charge in [0.1, 0.15) is 12.6 Å². The molecule has 5 rings (SSSR count). The summed E-state index contributed by atoms with van der Waals surface area (Å²) in [4.78, 5) is 29.9. The first-order valence-electron chi connectivity index (χ1n) is 13.4. The van der Waals surface area contributed by atoms with Gasteiger partial charge in [0.05, 0.1) is 14.2 Å². The molecular weight excluding hydrogens is 496 g/mol. The van der Waals surface area contributed by atoms with E-state index in [2.05, 4.69) is 5.32 Å². The van der Waals surface area contributed by atoms with E-state index in [9.17, 15) is 9.59 Å². The monoisotopic (exact) mass is 530 g/mol. The van der Waals surface area contributed by atoms with Gasteiger partial charge < -0.3 is 24.3 Å². The molecular formula is C31H34N2O6. The Morgan fingerprint density at radius 1 is 0.872 bits per heavy atom. The molecule has 0 bridgehead atoms. The van der Waals surface area contributed by atoms with Gasteiger partial charge in [0.2, 0.25) is 12.0 Å². The molecule has 0 spiro atoms. The van der Waals surface area contributed by atoms with Gasteiger partial charge in [0.15, 0.2) is 23.0 Å². The molecule has 1 aliphatic heterocycles. The number of nitrogens with zero attached hydrogens (tertiary/aromatic N) is 1. The van der Waals surface area contributed by atoms with Gasteiger partial charge in [-0.1, -0.05) is 61.7 Å². The fourth-order valence-electron chi connectivity index (χ4n) is 5.25. The highest BCUT2D eigenvalue weighted by Crippen LogP contribution is 2.38. The second kappa shape index (κ2) is 12.1. The molecule has 1 N–H and O–H groups in total. The van der Waals surface area contributed by atoms with Gasteiger partial charge in [0.25, 0.3) is 5.91 Å². The predicted octanol–water partition coefficient (Wildman–Crippen LogP) is 5.07. The normalized spacial score (nSPS) is 17.5. The van der Waals surface area contributed by atoms with Crippen molar-refractivity contribution in [2.24, 2.45) is 0 Å². The molecule has 1 saturated carbocycles. The highest BCUT2D eigenvalue weighted by Gasteiger charge is 2.40. The van der Waals surface area contributed by atoms with Crippen molar-refractivity contribution in [2.45, 2.75) is 50.3 Å². The van der Waals surface area contributed by atoms with Crippen LogP contribution >= 0.6 is 0 Å². The van der Waals surface area contributed by atoms with E-state index in [1.54, 1.807) is 37.4 Å². The number of ether oxygens (including phenoxy) is 4. The minimum absolute atomic E-state index is 0.0192. The number of hydrogen-bond acceptors (Lipinski definition) is 6. The Hall–Kier alpha value is -4.20. The summed E-state index contributed by atoms with van der Waals surface area (Å²) in [7, 11) is 3.09. The summed E-state index contributed by atoms with van der Waals surface area (Å²) >= 11 is 0. The van der Waals surface area contributed by atoms with E-state index in [4.69, 9.17) is 18.9 Å². The molecule has 8 heteroatoms. The van der Waals surface area contributed by atoms with Gasteiger partial charge >= 0.3 is 0 Å². The number of benzene rings is 3. The van der Waals surface area contributed by atoms with Crippen LogP contribution in [0.2, 0.25) is 0 Å². The lowest BCUT2D eigenvalue weighted by atomic mass is 9.94. The third kappa shape index (κ3) is 5.79. The molecule has 8 nitrogen and oxygen atoms in total. The van der Waals surface area contributed by atoms with Crippen molar-refractivity contribution in [3.05, 3.63) is 78.4 Å². The summed E-state index contributed by atoms with van der Waals surface area (Å²) in [6.07, 6.45) is 4.21. The third-order valence-electron chi connectivity index (χ3n) is 7.24. The van der Waals surface area contributed by atoms with E-state index < -0.39 is 18.1 Å². The van der Waals surface area contributed by atoms with E-state index in [1.165, 1.54) is 18.4 Å². The van der Waals surface area contributed by atoms with Gasteiger partial charge in [-0.3, -0.25) is 14.5 Å². The number of fused-ring (bicyclic) bond motifs is 1. The number of carbonyl (C=O) groups is 2. The Kier molecular flexibility index (Phi) is 8.20. The van der Waals surface area contributed by atoms with Crippen molar-refractivity contribution >= 4 is 17.5 Å². The fourth-order valence-corrected chi connectivity index (χ4v) is 5.25. The predicted molar refractivity (Wildman–Crippen MR) is 148 cm³/mol. The van der Waals surface area contributed by atoms with Crippen LogP contribution in [0.4, 0.5) is 5.69 Å². The highest BCUT2D eigenvalue weighted by atomic mass is 16.6. The molecule has 0 saturated heterocycles. The summed E-state index contributed by atoms with van der Waals surface area (Å²) in [6.45, 7) is 0.0192. The molecule has 2 atom stereocenters. The molecule has 39 heavy (non-hydrogen) atoms. The topological polar surface area (TPSA) is 86.3 Å². The number of hydrogen-bond donors (Lipinski definition) is 1. The van der Waals surface area contributed by atoms with Gasteiger partial charge in [-0.2, -0.15) is 0 Å². The number of carbonyl (C=O) groups excluding carboxylic acids is 2. The van der Waals surface area contributed by atoms with Crippen LogP contribution < -0.4 is 29.2 Å². The quantitative estimate of drug-likeness (QED) is 0.438. The third-order valence-corrected chi connectivity index (χ3v) is 7.24. The SMILES string of the molecule is COc1ccc(N(C(=O)[C@H]2COc3ccccc3O2)[C@H](C(=O)NC2CCCCC2)c2ccccc2)cc1OC. The van der Waals surface area contributed by atoms with E-state index in [1.807, 2.05) is 42.5 Å². The lowest BCUT2D eigenvalue weighted by Gasteiger charge is -2.36. The molecule has 3 aromatic rings. The largest absolute Gasteiger partial charge is 0.493 e. The van der Waals surface area contributed by atoms with E-state index in [0.29, 0.717) is 34.2 Å². The summed E-state index contributed by atoms with van der Waals surface area (Å²) in [6, 6.07) is 20.9. The Labute approximate surface area is 228 Å². The van der Waals surface area contributed by atoms with Crippen LogP contribution in [0.5, 0.6) is 23.0 Å². The van der Waals surface area contributed by atoms with Crippen LogP contribution in [0.25, 0.3) is 0 Å². The Morgan fingerprint density at radius 3 is 2.28 bits per heavy atom. The first-order valence-corrected chi connectivity index (χ1v) is 13.4. The maximum atomic E-state index is 14.3. The number of methoxy groups -OCH3 is 2. The van der Waals surface area contributed by atoms with E-state index in [0.717, 1.165) is 25.7 Å². The molecule has 2 amide bonds. The van der Waals surface area contributed by atoms with Crippen molar-refractivity contribution in [3.8, 4) is 23.0 Å². The highest BCUT2D eigenvalue weighted by molar-refractivity contribution is 6.04. The number of amides is 2. The standard InChI is InChI=1S/C31H34N2O6/c1-36-24-18-17-23(19-27(24)37-2)33(31(35)28-20-38-25-15-9-10-16-26(25)39-28)29(21-11-5-3-6-12-21)30(34)32-22-13-7-4-8-14-22/h3,5-6,9-12,15-19,22,28-29H,4,7-8,13-14,20H2,1-2H3,(H,32,34)/t28-,29+/m1/s1. The zero-order valence-corrected chi connectivity index (χ0v) is 22.3. The first kappa shape index (κ1) is 26.4. The number of anilines is 1. The second-order valence-electron chi connectivity index (χ2n) is 9.77. The summed E-state index contributed by atoms with van der Waals surface area (Å²) in [5.74, 6) is 1.38. The number of nitrogens with one attached hydrogen (secondary N) is 1. The van der Waals surface area contributed by atoms with Crippen LogP contribution in [0.15, 0.2) is 72.8 Å². The van der Waals surface area contributed by atoms with Gasteiger partial charge in [-0.05, 0) is 42.7 Å².